The van der Waals surface area contributed by atoms with Gasteiger partial charge in [-0.2, -0.15) is 0 Å². The molecule has 5 nitrogen and oxygen atoms in total. The van der Waals surface area contributed by atoms with Crippen LogP contribution >= 0.6 is 0 Å². The number of rotatable bonds is 12. The summed E-state index contributed by atoms with van der Waals surface area (Å²) in [5.41, 5.74) is 0. The van der Waals surface area contributed by atoms with Gasteiger partial charge in [-0.3, -0.25) is 9.59 Å². The van der Waals surface area contributed by atoms with Gasteiger partial charge in [-0.25, -0.2) is 0 Å². The molecule has 25 heavy (non-hydrogen) atoms. The number of carbonyl (C=O) groups is 2. The van der Waals surface area contributed by atoms with Crippen LogP contribution in [0.15, 0.2) is 24.3 Å². The number of carboxylic acids is 1. The summed E-state index contributed by atoms with van der Waals surface area (Å²) in [7, 11) is 0. The number of allylic oxidation sites excluding steroid dienone is 3. The van der Waals surface area contributed by atoms with Gasteiger partial charge in [0.1, 0.15) is 0 Å². The molecule has 1 aliphatic carbocycles. The van der Waals surface area contributed by atoms with Crippen molar-refractivity contribution in [3.8, 4) is 0 Å². The quantitative estimate of drug-likeness (QED) is 0.285. The van der Waals surface area contributed by atoms with Crippen LogP contribution in [0.1, 0.15) is 64.7 Å². The molecule has 0 aromatic carbocycles. The van der Waals surface area contributed by atoms with E-state index in [1.807, 2.05) is 12.2 Å². The third kappa shape index (κ3) is 8.45. The maximum absolute atomic E-state index is 11.9. The molecule has 0 unspecified atom stereocenters. The molecular formula is C20H32O5. The summed E-state index contributed by atoms with van der Waals surface area (Å²) >= 11 is 0. The fraction of sp³-hybridized carbons (Fsp3) is 0.700. The topological polar surface area (TPSA) is 94.8 Å². The highest BCUT2D eigenvalue weighted by Crippen LogP contribution is 2.36. The van der Waals surface area contributed by atoms with Crippen LogP contribution in [0.3, 0.4) is 0 Å². The molecule has 0 aliphatic heterocycles. The Morgan fingerprint density at radius 1 is 1.04 bits per heavy atom. The summed E-state index contributed by atoms with van der Waals surface area (Å²) in [5, 5.41) is 28.9. The minimum Gasteiger partial charge on any atom is -0.481 e. The van der Waals surface area contributed by atoms with Crippen LogP contribution < -0.4 is 0 Å². The monoisotopic (exact) mass is 352 g/mol. The first-order valence-electron chi connectivity index (χ1n) is 9.39. The second-order valence-corrected chi connectivity index (χ2v) is 6.89. The lowest BCUT2D eigenvalue weighted by molar-refractivity contribution is -0.137. The van der Waals surface area contributed by atoms with Crippen molar-refractivity contribution >= 4 is 11.8 Å². The van der Waals surface area contributed by atoms with E-state index in [0.29, 0.717) is 32.1 Å². The van der Waals surface area contributed by atoms with Crippen molar-refractivity contribution in [1.29, 1.82) is 0 Å². The lowest BCUT2D eigenvalue weighted by atomic mass is 9.89. The molecule has 0 spiro atoms. The average Bonchev–Trinajstić information content (AvgIpc) is 2.82. The van der Waals surface area contributed by atoms with Gasteiger partial charge in [-0.05, 0) is 37.7 Å². The predicted octanol–water partition coefficient (Wildman–Crippen LogP) is 3.25. The molecule has 0 radical (unpaired) electrons. The Balaban J connectivity index is 2.48. The van der Waals surface area contributed by atoms with Gasteiger partial charge in [-0.15, -0.1) is 0 Å². The van der Waals surface area contributed by atoms with Crippen LogP contribution in [0.4, 0.5) is 0 Å². The molecule has 1 fully saturated rings. The van der Waals surface area contributed by atoms with E-state index >= 15 is 0 Å². The molecule has 0 heterocycles. The summed E-state index contributed by atoms with van der Waals surface area (Å²) < 4.78 is 0. The Labute approximate surface area is 150 Å². The number of aliphatic hydroxyl groups is 2. The van der Waals surface area contributed by atoms with Gasteiger partial charge < -0.3 is 15.3 Å². The number of aliphatic carboxylic acids is 1. The number of unbranched alkanes of at least 4 members (excludes halogenated alkanes) is 3. The molecule has 1 rings (SSSR count). The van der Waals surface area contributed by atoms with Gasteiger partial charge in [0, 0.05) is 25.2 Å². The van der Waals surface area contributed by atoms with E-state index in [4.69, 9.17) is 5.11 Å². The maximum Gasteiger partial charge on any atom is 0.303 e. The highest BCUT2D eigenvalue weighted by atomic mass is 16.4. The predicted molar refractivity (Wildman–Crippen MR) is 97.1 cm³/mol. The number of carboxylic acid groups (broad SMARTS) is 1. The van der Waals surface area contributed by atoms with Crippen LogP contribution in [0, 0.1) is 11.8 Å². The maximum atomic E-state index is 11.9. The molecule has 0 aromatic rings. The zero-order chi connectivity index (χ0) is 18.7. The van der Waals surface area contributed by atoms with Crippen LogP contribution in [0.2, 0.25) is 0 Å². The lowest BCUT2D eigenvalue weighted by Gasteiger charge is -2.19. The molecule has 3 N–H and O–H groups in total. The second-order valence-electron chi connectivity index (χ2n) is 6.89. The van der Waals surface area contributed by atoms with Crippen molar-refractivity contribution < 1.29 is 24.9 Å². The number of aliphatic hydroxyl groups excluding tert-OH is 2. The summed E-state index contributed by atoms with van der Waals surface area (Å²) in [4.78, 5) is 22.3. The van der Waals surface area contributed by atoms with Gasteiger partial charge in [0.15, 0.2) is 5.78 Å². The number of carbonyl (C=O) groups excluding carboxylic acids is 1. The first-order valence-corrected chi connectivity index (χ1v) is 9.39. The van der Waals surface area contributed by atoms with Crippen molar-refractivity contribution in [2.45, 2.75) is 76.9 Å². The minimum absolute atomic E-state index is 0.0741. The zero-order valence-electron chi connectivity index (χ0n) is 15.1. The zero-order valence-corrected chi connectivity index (χ0v) is 15.1. The van der Waals surface area contributed by atoms with E-state index in [9.17, 15) is 19.8 Å². The fourth-order valence-corrected chi connectivity index (χ4v) is 3.30. The molecule has 4 atom stereocenters. The Morgan fingerprint density at radius 2 is 1.80 bits per heavy atom. The smallest absolute Gasteiger partial charge is 0.303 e. The summed E-state index contributed by atoms with van der Waals surface area (Å²) in [6.45, 7) is 2.09. The Bertz CT molecular complexity index is 469. The molecule has 1 aliphatic rings. The average molecular weight is 352 g/mol. The summed E-state index contributed by atoms with van der Waals surface area (Å²) in [5.74, 6) is -1.04. The van der Waals surface area contributed by atoms with Crippen LogP contribution in [-0.4, -0.2) is 39.3 Å². The molecule has 0 saturated heterocycles. The third-order valence-corrected chi connectivity index (χ3v) is 4.78. The van der Waals surface area contributed by atoms with Gasteiger partial charge in [0.2, 0.25) is 0 Å². The minimum atomic E-state index is -0.795. The van der Waals surface area contributed by atoms with E-state index in [0.717, 1.165) is 19.3 Å². The Morgan fingerprint density at radius 3 is 2.48 bits per heavy atom. The van der Waals surface area contributed by atoms with Crippen molar-refractivity contribution in [2.75, 3.05) is 0 Å². The molecular weight excluding hydrogens is 320 g/mol. The molecule has 142 valence electrons. The van der Waals surface area contributed by atoms with Crippen molar-refractivity contribution in [2.24, 2.45) is 11.8 Å². The van der Waals surface area contributed by atoms with Gasteiger partial charge >= 0.3 is 5.97 Å². The van der Waals surface area contributed by atoms with E-state index in [1.165, 1.54) is 0 Å². The highest BCUT2D eigenvalue weighted by molar-refractivity contribution is 5.89. The van der Waals surface area contributed by atoms with Crippen molar-refractivity contribution in [1.82, 2.24) is 0 Å². The standard InChI is InChI=1S/C20H32O5/c1-2-3-6-9-15(21)12-13-17-16(18(22)14-19(17)23)10-7-4-5-8-11-20(24)25/h4,7,12-13,16-19,22-23H,2-3,5-6,8-11,14H2,1H3,(H,24,25)/b7-4-,13-12+/t16-,17+,18+,19-/m0/s1. The first kappa shape index (κ1) is 21.6. The fourth-order valence-electron chi connectivity index (χ4n) is 3.30. The summed E-state index contributed by atoms with van der Waals surface area (Å²) in [6.07, 6.45) is 11.9. The lowest BCUT2D eigenvalue weighted by Crippen LogP contribution is -2.20. The van der Waals surface area contributed by atoms with E-state index in [2.05, 4.69) is 6.92 Å². The van der Waals surface area contributed by atoms with Gasteiger partial charge in [0.05, 0.1) is 12.2 Å². The number of ketones is 1. The van der Waals surface area contributed by atoms with E-state index < -0.39 is 18.2 Å². The first-order chi connectivity index (χ1) is 12.0. The number of hydrogen-bond donors (Lipinski definition) is 3. The van der Waals surface area contributed by atoms with Crippen LogP contribution in [0.5, 0.6) is 0 Å². The Kier molecular flexibility index (Phi) is 10.3. The summed E-state index contributed by atoms with van der Waals surface area (Å²) in [6, 6.07) is 0. The normalized spacial score (nSPS) is 26.7. The SMILES string of the molecule is CCCCCC(=O)/C=C/[C@@H]1[C@H](C/C=C\CCCC(=O)O)[C@H](O)C[C@@H]1O. The van der Waals surface area contributed by atoms with E-state index in [-0.39, 0.29) is 24.0 Å². The third-order valence-electron chi connectivity index (χ3n) is 4.78. The van der Waals surface area contributed by atoms with Gasteiger partial charge in [0.25, 0.3) is 0 Å². The van der Waals surface area contributed by atoms with Gasteiger partial charge in [-0.1, -0.05) is 38.0 Å². The van der Waals surface area contributed by atoms with Crippen molar-refractivity contribution in [3.05, 3.63) is 24.3 Å². The Hall–Kier alpha value is -1.46. The molecule has 0 bridgehead atoms. The van der Waals surface area contributed by atoms with E-state index in [1.54, 1.807) is 12.2 Å². The molecule has 1 saturated carbocycles. The molecule has 0 amide bonds. The largest absolute Gasteiger partial charge is 0.481 e. The van der Waals surface area contributed by atoms with Crippen LogP contribution in [-0.2, 0) is 9.59 Å². The van der Waals surface area contributed by atoms with Crippen molar-refractivity contribution in [3.63, 3.8) is 0 Å². The molecule has 0 aromatic heterocycles. The highest BCUT2D eigenvalue weighted by Gasteiger charge is 2.39. The number of hydrogen-bond acceptors (Lipinski definition) is 4. The molecule has 5 heteroatoms. The second kappa shape index (κ2) is 12.0. The van der Waals surface area contributed by atoms with Crippen LogP contribution in [0.25, 0.3) is 0 Å².